The maximum atomic E-state index is 5.47. The van der Waals surface area contributed by atoms with Crippen LogP contribution >= 0.6 is 11.8 Å². The van der Waals surface area contributed by atoms with E-state index in [0.29, 0.717) is 23.2 Å². The third-order valence-corrected chi connectivity index (χ3v) is 6.28. The van der Waals surface area contributed by atoms with Gasteiger partial charge in [-0.1, -0.05) is 23.8 Å². The molecule has 0 bridgehead atoms. The Hall–Kier alpha value is -2.21. The molecule has 0 radical (unpaired) electrons. The molecule has 0 spiro atoms. The maximum Gasteiger partial charge on any atom is 0.238 e. The van der Waals surface area contributed by atoms with E-state index in [2.05, 4.69) is 55.7 Å². The van der Waals surface area contributed by atoms with Gasteiger partial charge in [0, 0.05) is 26.2 Å². The molecule has 3 aromatic rings. The fourth-order valence-corrected chi connectivity index (χ4v) is 4.46. The summed E-state index contributed by atoms with van der Waals surface area (Å²) in [6, 6.07) is 3.82. The van der Waals surface area contributed by atoms with Gasteiger partial charge in [-0.3, -0.25) is 9.80 Å². The van der Waals surface area contributed by atoms with Gasteiger partial charge in [0.25, 0.3) is 0 Å². The normalized spacial score (nSPS) is 16.3. The summed E-state index contributed by atoms with van der Waals surface area (Å²) in [6.45, 7) is 7.45. The lowest BCUT2D eigenvalue weighted by Crippen LogP contribution is -2.38. The molecular formula is C20H29N7O3S. The van der Waals surface area contributed by atoms with Gasteiger partial charge in [-0.2, -0.15) is 4.98 Å². The Morgan fingerprint density at radius 1 is 1.19 bits per heavy atom. The Kier molecular flexibility index (Phi) is 7.38. The third-order valence-electron chi connectivity index (χ3n) is 5.33. The van der Waals surface area contributed by atoms with Crippen LogP contribution in [0.15, 0.2) is 32.5 Å². The molecule has 10 nitrogen and oxygen atoms in total. The highest BCUT2D eigenvalue weighted by Crippen LogP contribution is 2.27. The van der Waals surface area contributed by atoms with Crippen LogP contribution in [0.5, 0.6) is 0 Å². The third kappa shape index (κ3) is 5.35. The predicted octanol–water partition coefficient (Wildman–Crippen LogP) is 2.56. The molecule has 168 valence electrons. The number of thioether (sulfide) groups is 1. The lowest BCUT2D eigenvalue weighted by Gasteiger charge is -2.28. The van der Waals surface area contributed by atoms with Crippen LogP contribution in [-0.2, 0) is 17.0 Å². The van der Waals surface area contributed by atoms with Crippen LogP contribution in [0.2, 0.25) is 0 Å². The lowest BCUT2D eigenvalue weighted by atomic mass is 10.2. The monoisotopic (exact) mass is 447 g/mol. The molecule has 1 aliphatic rings. The van der Waals surface area contributed by atoms with Gasteiger partial charge in [-0.15, -0.1) is 10.2 Å². The summed E-state index contributed by atoms with van der Waals surface area (Å²) in [7, 11) is 4.16. The number of furan rings is 1. The molecule has 0 aliphatic carbocycles. The highest BCUT2D eigenvalue weighted by atomic mass is 32.2. The number of nitrogens with zero attached hydrogens (tertiary/aromatic N) is 7. The zero-order chi connectivity index (χ0) is 21.6. The Balaban J connectivity index is 1.48. The van der Waals surface area contributed by atoms with Crippen LogP contribution in [0.3, 0.4) is 0 Å². The predicted molar refractivity (Wildman–Crippen MR) is 116 cm³/mol. The number of aromatic nitrogens is 5. The second kappa shape index (κ2) is 10.4. The molecule has 4 rings (SSSR count). The van der Waals surface area contributed by atoms with Gasteiger partial charge in [-0.25, -0.2) is 0 Å². The number of hydrogen-bond donors (Lipinski definition) is 0. The molecule has 0 unspecified atom stereocenters. The summed E-state index contributed by atoms with van der Waals surface area (Å²) in [6.07, 6.45) is 2.55. The molecule has 4 heterocycles. The topological polar surface area (TPSA) is 98.5 Å². The van der Waals surface area contributed by atoms with E-state index in [1.807, 2.05) is 6.07 Å². The number of rotatable bonds is 10. The minimum absolute atomic E-state index is 0.209. The van der Waals surface area contributed by atoms with Gasteiger partial charge >= 0.3 is 0 Å². The minimum atomic E-state index is 0.209. The fraction of sp³-hybridized carbons (Fsp3) is 0.600. The first-order chi connectivity index (χ1) is 15.2. The van der Waals surface area contributed by atoms with Crippen molar-refractivity contribution in [2.45, 2.75) is 36.8 Å². The van der Waals surface area contributed by atoms with E-state index in [4.69, 9.17) is 13.7 Å². The first-order valence-electron chi connectivity index (χ1n) is 10.5. The van der Waals surface area contributed by atoms with Gasteiger partial charge in [0.2, 0.25) is 11.7 Å². The van der Waals surface area contributed by atoms with Crippen LogP contribution in [0.25, 0.3) is 11.6 Å². The molecule has 3 aromatic heterocycles. The van der Waals surface area contributed by atoms with Gasteiger partial charge < -0.3 is 18.2 Å². The van der Waals surface area contributed by atoms with Crippen LogP contribution in [0.1, 0.15) is 31.1 Å². The smallest absolute Gasteiger partial charge is 0.238 e. The summed E-state index contributed by atoms with van der Waals surface area (Å²) >= 11 is 1.56. The van der Waals surface area contributed by atoms with Crippen molar-refractivity contribution < 1.29 is 13.7 Å². The van der Waals surface area contributed by atoms with Crippen molar-refractivity contribution >= 4 is 11.8 Å². The average Bonchev–Trinajstić information content (AvgIpc) is 3.53. The van der Waals surface area contributed by atoms with Crippen molar-refractivity contribution in [1.82, 2.24) is 34.7 Å². The molecule has 1 saturated heterocycles. The van der Waals surface area contributed by atoms with Crippen LogP contribution in [-0.4, -0.2) is 81.6 Å². The highest BCUT2D eigenvalue weighted by molar-refractivity contribution is 7.98. The first-order valence-corrected chi connectivity index (χ1v) is 11.5. The number of hydrogen-bond acceptors (Lipinski definition) is 10. The summed E-state index contributed by atoms with van der Waals surface area (Å²) in [4.78, 5) is 9.04. The van der Waals surface area contributed by atoms with E-state index in [1.54, 1.807) is 24.1 Å². The molecule has 0 N–H and O–H groups in total. The van der Waals surface area contributed by atoms with Gasteiger partial charge in [0.15, 0.2) is 16.7 Å². The second-order valence-electron chi connectivity index (χ2n) is 7.61. The van der Waals surface area contributed by atoms with Crippen molar-refractivity contribution in [3.8, 4) is 11.6 Å². The molecule has 1 aliphatic heterocycles. The molecule has 31 heavy (non-hydrogen) atoms. The average molecular weight is 448 g/mol. The quantitative estimate of drug-likeness (QED) is 0.431. The molecule has 11 heteroatoms. The Labute approximate surface area is 185 Å². The number of ether oxygens (including phenoxy) is 1. The zero-order valence-electron chi connectivity index (χ0n) is 18.2. The lowest BCUT2D eigenvalue weighted by molar-refractivity contribution is 0.0358. The maximum absolute atomic E-state index is 5.47. The van der Waals surface area contributed by atoms with Crippen molar-refractivity contribution in [3.63, 3.8) is 0 Å². The van der Waals surface area contributed by atoms with Gasteiger partial charge in [0.1, 0.15) is 0 Å². The standard InChI is InChI=1S/C20H29N7O3S/c1-4-15(25(2)3)19-22-23-20(27(19)8-7-26-9-12-28-13-10-26)31-14-17-21-18(24-30-17)16-6-5-11-29-16/h5-6,11,15H,4,7-10,12-14H2,1-3H3/t15-/m1/s1. The Morgan fingerprint density at radius 2 is 2.03 bits per heavy atom. The summed E-state index contributed by atoms with van der Waals surface area (Å²) in [5, 5.41) is 13.9. The molecule has 1 fully saturated rings. The molecular weight excluding hydrogens is 418 g/mol. The molecule has 1 atom stereocenters. The second-order valence-corrected chi connectivity index (χ2v) is 8.55. The molecule has 0 amide bonds. The summed E-state index contributed by atoms with van der Waals surface area (Å²) in [5.74, 6) is 3.08. The van der Waals surface area contributed by atoms with E-state index >= 15 is 0 Å². The van der Waals surface area contributed by atoms with Gasteiger partial charge in [-0.05, 0) is 32.6 Å². The van der Waals surface area contributed by atoms with E-state index in [1.165, 1.54) is 0 Å². The largest absolute Gasteiger partial charge is 0.461 e. The van der Waals surface area contributed by atoms with Crippen molar-refractivity contribution in [1.29, 1.82) is 0 Å². The Morgan fingerprint density at radius 3 is 2.74 bits per heavy atom. The van der Waals surface area contributed by atoms with E-state index in [0.717, 1.165) is 56.8 Å². The SMILES string of the molecule is CC[C@H](c1nnc(SCc2nc(-c3ccco3)no2)n1CCN1CCOCC1)N(C)C. The fourth-order valence-electron chi connectivity index (χ4n) is 3.65. The van der Waals surface area contributed by atoms with E-state index in [9.17, 15) is 0 Å². The minimum Gasteiger partial charge on any atom is -0.461 e. The Bertz CT molecular complexity index is 935. The van der Waals surface area contributed by atoms with Crippen molar-refractivity contribution in [2.24, 2.45) is 0 Å². The van der Waals surface area contributed by atoms with Gasteiger partial charge in [0.05, 0.1) is 31.3 Å². The van der Waals surface area contributed by atoms with Crippen LogP contribution in [0, 0.1) is 0 Å². The van der Waals surface area contributed by atoms with Crippen LogP contribution in [0.4, 0.5) is 0 Å². The first kappa shape index (κ1) is 22.0. The van der Waals surface area contributed by atoms with Crippen molar-refractivity contribution in [3.05, 3.63) is 30.1 Å². The molecule has 0 saturated carbocycles. The highest BCUT2D eigenvalue weighted by Gasteiger charge is 2.23. The van der Waals surface area contributed by atoms with Crippen molar-refractivity contribution in [2.75, 3.05) is 46.9 Å². The zero-order valence-corrected chi connectivity index (χ0v) is 19.0. The summed E-state index contributed by atoms with van der Waals surface area (Å²) in [5.41, 5.74) is 0. The van der Waals surface area contributed by atoms with E-state index < -0.39 is 0 Å². The number of morpholine rings is 1. The molecule has 0 aromatic carbocycles. The summed E-state index contributed by atoms with van der Waals surface area (Å²) < 4.78 is 18.4. The van der Waals surface area contributed by atoms with E-state index in [-0.39, 0.29) is 6.04 Å². The van der Waals surface area contributed by atoms with Crippen LogP contribution < -0.4 is 0 Å².